The van der Waals surface area contributed by atoms with Crippen LogP contribution < -0.4 is 5.32 Å². The molecule has 100 valence electrons. The van der Waals surface area contributed by atoms with Crippen LogP contribution in [0.5, 0.6) is 5.75 Å². The van der Waals surface area contributed by atoms with Gasteiger partial charge in [0.2, 0.25) is 0 Å². The van der Waals surface area contributed by atoms with Gasteiger partial charge >= 0.3 is 0 Å². The summed E-state index contributed by atoms with van der Waals surface area (Å²) in [5, 5.41) is 11.9. The second-order valence-corrected chi connectivity index (χ2v) is 4.42. The molecule has 2 aromatic carbocycles. The van der Waals surface area contributed by atoms with Gasteiger partial charge in [0.15, 0.2) is 0 Å². The van der Waals surface area contributed by atoms with Crippen molar-refractivity contribution >= 4 is 27.5 Å². The molecule has 0 bridgehead atoms. The number of amides is 1. The number of hydrogen-bond donors (Lipinski definition) is 2. The van der Waals surface area contributed by atoms with Crippen molar-refractivity contribution in [3.05, 3.63) is 58.6 Å². The summed E-state index contributed by atoms with van der Waals surface area (Å²) in [4.78, 5) is 11.8. The Balaban J connectivity index is 0.000000861. The van der Waals surface area contributed by atoms with Crippen LogP contribution >= 0.6 is 15.9 Å². The van der Waals surface area contributed by atoms with E-state index >= 15 is 0 Å². The van der Waals surface area contributed by atoms with Gasteiger partial charge in [0.05, 0.1) is 0 Å². The molecular weight excluding hydrogens is 306 g/mol. The Morgan fingerprint density at radius 1 is 1.00 bits per heavy atom. The number of rotatable bonds is 2. The predicted molar refractivity (Wildman–Crippen MR) is 81.6 cm³/mol. The van der Waals surface area contributed by atoms with Crippen molar-refractivity contribution in [2.45, 2.75) is 13.8 Å². The lowest BCUT2D eigenvalue weighted by Gasteiger charge is -2.05. The zero-order chi connectivity index (χ0) is 14.3. The molecule has 0 heterocycles. The summed E-state index contributed by atoms with van der Waals surface area (Å²) in [6.07, 6.45) is 0. The van der Waals surface area contributed by atoms with Gasteiger partial charge in [0.1, 0.15) is 5.75 Å². The minimum atomic E-state index is -0.178. The summed E-state index contributed by atoms with van der Waals surface area (Å²) in [5.74, 6) is -0.00479. The van der Waals surface area contributed by atoms with E-state index in [0.717, 1.165) is 4.47 Å². The average Bonchev–Trinajstić information content (AvgIpc) is 2.44. The Labute approximate surface area is 121 Å². The molecule has 0 aromatic heterocycles. The predicted octanol–water partition coefficient (Wildman–Crippen LogP) is 4.43. The summed E-state index contributed by atoms with van der Waals surface area (Å²) in [6.45, 7) is 4.00. The minimum Gasteiger partial charge on any atom is -0.508 e. The first-order valence-electron chi connectivity index (χ1n) is 6.01. The molecule has 0 aliphatic heterocycles. The van der Waals surface area contributed by atoms with Crippen molar-refractivity contribution in [1.29, 1.82) is 0 Å². The Bertz CT molecular complexity index is 521. The van der Waals surface area contributed by atoms with Crippen LogP contribution in [0.15, 0.2) is 53.0 Å². The third-order valence-corrected chi connectivity index (χ3v) is 2.76. The average molecular weight is 322 g/mol. The van der Waals surface area contributed by atoms with Crippen LogP contribution in [-0.2, 0) is 0 Å². The van der Waals surface area contributed by atoms with Crippen molar-refractivity contribution in [1.82, 2.24) is 0 Å². The molecule has 1 amide bonds. The maximum absolute atomic E-state index is 11.8. The maximum atomic E-state index is 11.8. The summed E-state index contributed by atoms with van der Waals surface area (Å²) in [5.41, 5.74) is 1.23. The highest BCUT2D eigenvalue weighted by Gasteiger charge is 2.05. The molecule has 0 spiro atoms. The monoisotopic (exact) mass is 321 g/mol. The molecule has 19 heavy (non-hydrogen) atoms. The van der Waals surface area contributed by atoms with E-state index in [0.29, 0.717) is 11.3 Å². The molecule has 0 unspecified atom stereocenters. The van der Waals surface area contributed by atoms with E-state index in [9.17, 15) is 4.79 Å². The van der Waals surface area contributed by atoms with Crippen molar-refractivity contribution in [2.24, 2.45) is 0 Å². The molecule has 0 atom stereocenters. The van der Waals surface area contributed by atoms with Gasteiger partial charge in [-0.15, -0.1) is 0 Å². The first kappa shape index (κ1) is 15.2. The van der Waals surface area contributed by atoms with E-state index in [-0.39, 0.29) is 11.7 Å². The number of nitrogens with one attached hydrogen (secondary N) is 1. The van der Waals surface area contributed by atoms with E-state index < -0.39 is 0 Å². The Morgan fingerprint density at radius 2 is 1.53 bits per heavy atom. The largest absolute Gasteiger partial charge is 0.508 e. The quantitative estimate of drug-likeness (QED) is 0.804. The molecule has 2 N–H and O–H groups in total. The van der Waals surface area contributed by atoms with E-state index in [1.54, 1.807) is 24.3 Å². The lowest BCUT2D eigenvalue weighted by Crippen LogP contribution is -2.11. The zero-order valence-corrected chi connectivity index (χ0v) is 12.4. The summed E-state index contributed by atoms with van der Waals surface area (Å²) in [7, 11) is 0. The number of benzene rings is 2. The second kappa shape index (κ2) is 7.59. The molecule has 2 aromatic rings. The van der Waals surface area contributed by atoms with Crippen molar-refractivity contribution in [3.8, 4) is 5.75 Å². The summed E-state index contributed by atoms with van der Waals surface area (Å²) >= 11 is 3.31. The van der Waals surface area contributed by atoms with Crippen LogP contribution in [-0.4, -0.2) is 11.0 Å². The first-order chi connectivity index (χ1) is 9.15. The Kier molecular flexibility index (Phi) is 6.09. The second-order valence-electron chi connectivity index (χ2n) is 3.51. The number of halogens is 1. The molecule has 0 radical (unpaired) electrons. The number of aromatic hydroxyl groups is 1. The van der Waals surface area contributed by atoms with Gasteiger partial charge in [0.25, 0.3) is 5.91 Å². The van der Waals surface area contributed by atoms with E-state index in [4.69, 9.17) is 5.11 Å². The fraction of sp³-hybridized carbons (Fsp3) is 0.133. The van der Waals surface area contributed by atoms with Crippen LogP contribution in [0, 0.1) is 0 Å². The normalized spacial score (nSPS) is 9.21. The lowest BCUT2D eigenvalue weighted by atomic mass is 10.2. The third kappa shape index (κ3) is 4.75. The molecule has 4 heteroatoms. The molecule has 3 nitrogen and oxygen atoms in total. The lowest BCUT2D eigenvalue weighted by molar-refractivity contribution is 0.102. The molecule has 0 saturated carbocycles. The van der Waals surface area contributed by atoms with Crippen molar-refractivity contribution in [2.75, 3.05) is 5.32 Å². The van der Waals surface area contributed by atoms with Gasteiger partial charge in [-0.25, -0.2) is 0 Å². The molecule has 2 rings (SSSR count). The highest BCUT2D eigenvalue weighted by atomic mass is 79.9. The molecule has 0 fully saturated rings. The smallest absolute Gasteiger partial charge is 0.255 e. The SMILES string of the molecule is CC.O=C(Nc1ccc(O)cc1)c1ccc(Br)cc1. The summed E-state index contributed by atoms with van der Waals surface area (Å²) in [6, 6.07) is 13.4. The molecular formula is C15H16BrNO2. The van der Waals surface area contributed by atoms with Crippen LogP contribution in [0.2, 0.25) is 0 Å². The minimum absolute atomic E-state index is 0.173. The van der Waals surface area contributed by atoms with Gasteiger partial charge in [-0.05, 0) is 48.5 Å². The van der Waals surface area contributed by atoms with Crippen molar-refractivity contribution < 1.29 is 9.90 Å². The highest BCUT2D eigenvalue weighted by molar-refractivity contribution is 9.10. The maximum Gasteiger partial charge on any atom is 0.255 e. The highest BCUT2D eigenvalue weighted by Crippen LogP contribution is 2.16. The topological polar surface area (TPSA) is 49.3 Å². The van der Waals surface area contributed by atoms with Gasteiger partial charge in [-0.1, -0.05) is 29.8 Å². The Morgan fingerprint density at radius 3 is 2.05 bits per heavy atom. The summed E-state index contributed by atoms with van der Waals surface area (Å²) < 4.78 is 0.929. The standard InChI is InChI=1S/C13H10BrNO2.C2H6/c14-10-3-1-9(2-4-10)13(17)15-11-5-7-12(16)8-6-11;1-2/h1-8,16H,(H,15,17);1-2H3. The number of hydrogen-bond acceptors (Lipinski definition) is 2. The molecule has 0 aliphatic carbocycles. The number of anilines is 1. The van der Waals surface area contributed by atoms with Gasteiger partial charge in [-0.3, -0.25) is 4.79 Å². The van der Waals surface area contributed by atoms with Crippen molar-refractivity contribution in [3.63, 3.8) is 0 Å². The number of phenolic OH excluding ortho intramolecular Hbond substituents is 1. The van der Waals surface area contributed by atoms with Crippen LogP contribution in [0.1, 0.15) is 24.2 Å². The van der Waals surface area contributed by atoms with Crippen LogP contribution in [0.4, 0.5) is 5.69 Å². The van der Waals surface area contributed by atoms with E-state index in [2.05, 4.69) is 21.2 Å². The van der Waals surface area contributed by atoms with Gasteiger partial charge < -0.3 is 10.4 Å². The van der Waals surface area contributed by atoms with Crippen LogP contribution in [0.3, 0.4) is 0 Å². The fourth-order valence-corrected chi connectivity index (χ4v) is 1.61. The third-order valence-electron chi connectivity index (χ3n) is 2.23. The number of carbonyl (C=O) groups is 1. The first-order valence-corrected chi connectivity index (χ1v) is 6.80. The van der Waals surface area contributed by atoms with Crippen LogP contribution in [0.25, 0.3) is 0 Å². The van der Waals surface area contributed by atoms with Gasteiger partial charge in [-0.2, -0.15) is 0 Å². The molecule has 0 saturated heterocycles. The fourth-order valence-electron chi connectivity index (χ4n) is 1.35. The van der Waals surface area contributed by atoms with Gasteiger partial charge in [0, 0.05) is 15.7 Å². The van der Waals surface area contributed by atoms with E-state index in [1.807, 2.05) is 26.0 Å². The zero-order valence-electron chi connectivity index (χ0n) is 10.9. The Hall–Kier alpha value is -1.81. The van der Waals surface area contributed by atoms with E-state index in [1.165, 1.54) is 12.1 Å². The molecule has 0 aliphatic rings. The number of phenols is 1. The number of carbonyl (C=O) groups excluding carboxylic acids is 1.